The first-order valence-electron chi connectivity index (χ1n) is 6.44. The van der Waals surface area contributed by atoms with Crippen molar-refractivity contribution in [3.05, 3.63) is 0 Å². The van der Waals surface area contributed by atoms with Gasteiger partial charge in [-0.25, -0.2) is 0 Å². The van der Waals surface area contributed by atoms with Gasteiger partial charge < -0.3 is 10.2 Å². The third kappa shape index (κ3) is 2.76. The van der Waals surface area contributed by atoms with E-state index in [9.17, 15) is 15.0 Å². The van der Waals surface area contributed by atoms with E-state index in [0.717, 1.165) is 19.3 Å². The average Bonchev–Trinajstić information content (AvgIpc) is 2.53. The minimum Gasteiger partial charge on any atom is -0.481 e. The molecule has 3 nitrogen and oxygen atoms in total. The number of carboxylic acids is 1. The monoisotopic (exact) mass is 228 g/mol. The Balaban J connectivity index is 2.50. The molecule has 0 saturated heterocycles. The highest BCUT2D eigenvalue weighted by Gasteiger charge is 2.49. The molecule has 0 aromatic carbocycles. The molecular formula is C13H24O3. The summed E-state index contributed by atoms with van der Waals surface area (Å²) < 4.78 is 0. The number of aliphatic hydroxyl groups excluding tert-OH is 1. The predicted molar refractivity (Wildman–Crippen MR) is 63.2 cm³/mol. The first-order chi connectivity index (χ1) is 7.52. The molecule has 3 unspecified atom stereocenters. The van der Waals surface area contributed by atoms with Crippen molar-refractivity contribution in [2.75, 3.05) is 0 Å². The molecule has 0 bridgehead atoms. The molecule has 1 aliphatic carbocycles. The zero-order valence-electron chi connectivity index (χ0n) is 10.4. The van der Waals surface area contributed by atoms with E-state index in [2.05, 4.69) is 6.92 Å². The van der Waals surface area contributed by atoms with Crippen LogP contribution in [0.1, 0.15) is 58.8 Å². The summed E-state index contributed by atoms with van der Waals surface area (Å²) in [6.07, 6.45) is 6.26. The summed E-state index contributed by atoms with van der Waals surface area (Å²) >= 11 is 0. The average molecular weight is 228 g/mol. The van der Waals surface area contributed by atoms with E-state index in [0.29, 0.717) is 12.8 Å². The second-order valence-electron chi connectivity index (χ2n) is 5.28. The minimum absolute atomic E-state index is 0.0538. The largest absolute Gasteiger partial charge is 0.481 e. The van der Waals surface area contributed by atoms with Gasteiger partial charge in [0.15, 0.2) is 0 Å². The van der Waals surface area contributed by atoms with E-state index in [1.54, 1.807) is 6.92 Å². The zero-order valence-corrected chi connectivity index (χ0v) is 10.4. The summed E-state index contributed by atoms with van der Waals surface area (Å²) in [7, 11) is 0. The number of carbonyl (C=O) groups is 1. The maximum atomic E-state index is 11.3. The van der Waals surface area contributed by atoms with Gasteiger partial charge in [0.2, 0.25) is 0 Å². The molecule has 94 valence electrons. The van der Waals surface area contributed by atoms with Gasteiger partial charge in [-0.2, -0.15) is 0 Å². The van der Waals surface area contributed by atoms with Crippen LogP contribution >= 0.6 is 0 Å². The lowest BCUT2D eigenvalue weighted by molar-refractivity contribution is -0.151. The van der Waals surface area contributed by atoms with Gasteiger partial charge in [0.1, 0.15) is 0 Å². The van der Waals surface area contributed by atoms with Crippen LogP contribution in [0.5, 0.6) is 0 Å². The first-order valence-corrected chi connectivity index (χ1v) is 6.44. The fraction of sp³-hybridized carbons (Fsp3) is 0.923. The second-order valence-corrected chi connectivity index (χ2v) is 5.28. The van der Waals surface area contributed by atoms with Crippen LogP contribution in [0.2, 0.25) is 0 Å². The number of unbranched alkanes of at least 4 members (excludes halogenated alkanes) is 3. The minimum atomic E-state index is -0.746. The number of carboxylic acid groups (broad SMARTS) is 1. The maximum absolute atomic E-state index is 11.3. The van der Waals surface area contributed by atoms with Crippen molar-refractivity contribution in [3.8, 4) is 0 Å². The Bertz CT molecular complexity index is 239. The van der Waals surface area contributed by atoms with E-state index in [-0.39, 0.29) is 5.92 Å². The summed E-state index contributed by atoms with van der Waals surface area (Å²) in [5.41, 5.74) is -0.703. The number of hydrogen-bond acceptors (Lipinski definition) is 2. The van der Waals surface area contributed by atoms with E-state index >= 15 is 0 Å². The van der Waals surface area contributed by atoms with Gasteiger partial charge in [-0.3, -0.25) is 4.79 Å². The van der Waals surface area contributed by atoms with Crippen molar-refractivity contribution in [2.24, 2.45) is 11.3 Å². The molecule has 1 saturated carbocycles. The third-order valence-corrected chi connectivity index (χ3v) is 4.10. The van der Waals surface area contributed by atoms with Crippen molar-refractivity contribution >= 4 is 5.97 Å². The van der Waals surface area contributed by atoms with E-state index in [1.807, 2.05) is 0 Å². The molecule has 16 heavy (non-hydrogen) atoms. The smallest absolute Gasteiger partial charge is 0.309 e. The number of rotatable bonds is 6. The van der Waals surface area contributed by atoms with Crippen molar-refractivity contribution in [1.29, 1.82) is 0 Å². The van der Waals surface area contributed by atoms with Gasteiger partial charge in [-0.1, -0.05) is 32.6 Å². The van der Waals surface area contributed by atoms with E-state index < -0.39 is 17.5 Å². The maximum Gasteiger partial charge on any atom is 0.309 e. The highest BCUT2D eigenvalue weighted by molar-refractivity contribution is 5.75. The lowest BCUT2D eigenvalue weighted by Gasteiger charge is -2.28. The fourth-order valence-corrected chi connectivity index (χ4v) is 2.83. The summed E-state index contributed by atoms with van der Waals surface area (Å²) in [6, 6.07) is 0. The lowest BCUT2D eigenvalue weighted by atomic mass is 9.76. The SMILES string of the molecule is CCCCCCC1C(O)CCC1(C)C(=O)O. The molecule has 0 spiro atoms. The zero-order chi connectivity index (χ0) is 12.2. The van der Waals surface area contributed by atoms with Crippen LogP contribution in [0.25, 0.3) is 0 Å². The van der Waals surface area contributed by atoms with Crippen LogP contribution in [0.15, 0.2) is 0 Å². The van der Waals surface area contributed by atoms with Gasteiger partial charge in [-0.15, -0.1) is 0 Å². The quantitative estimate of drug-likeness (QED) is 0.687. The van der Waals surface area contributed by atoms with Crippen molar-refractivity contribution in [3.63, 3.8) is 0 Å². The van der Waals surface area contributed by atoms with Crippen LogP contribution < -0.4 is 0 Å². The lowest BCUT2D eigenvalue weighted by Crippen LogP contribution is -2.35. The van der Waals surface area contributed by atoms with E-state index in [1.165, 1.54) is 12.8 Å². The second kappa shape index (κ2) is 5.67. The Kier molecular flexibility index (Phi) is 4.78. The number of aliphatic hydroxyl groups is 1. The van der Waals surface area contributed by atoms with Crippen LogP contribution in [0.4, 0.5) is 0 Å². The Hall–Kier alpha value is -0.570. The topological polar surface area (TPSA) is 57.5 Å². The molecule has 3 heteroatoms. The molecule has 0 aromatic heterocycles. The van der Waals surface area contributed by atoms with Crippen LogP contribution in [0, 0.1) is 11.3 Å². The number of hydrogen-bond donors (Lipinski definition) is 2. The molecule has 2 N–H and O–H groups in total. The Morgan fingerprint density at radius 2 is 2.06 bits per heavy atom. The summed E-state index contributed by atoms with van der Waals surface area (Å²) in [5, 5.41) is 19.1. The molecular weight excluding hydrogens is 204 g/mol. The predicted octanol–water partition coefficient (Wildman–Crippen LogP) is 2.82. The standard InChI is InChI=1S/C13H24O3/c1-3-4-5-6-7-10-11(14)8-9-13(10,2)12(15)16/h10-11,14H,3-9H2,1-2H3,(H,15,16). The molecule has 0 amide bonds. The molecule has 1 rings (SSSR count). The van der Waals surface area contributed by atoms with Gasteiger partial charge >= 0.3 is 5.97 Å². The van der Waals surface area contributed by atoms with Crippen molar-refractivity contribution < 1.29 is 15.0 Å². The molecule has 0 aliphatic heterocycles. The third-order valence-electron chi connectivity index (χ3n) is 4.10. The molecule has 1 aliphatic rings. The summed E-state index contributed by atoms with van der Waals surface area (Å²) in [4.78, 5) is 11.3. The van der Waals surface area contributed by atoms with Crippen LogP contribution in [-0.4, -0.2) is 22.3 Å². The van der Waals surface area contributed by atoms with Gasteiger partial charge in [0, 0.05) is 5.92 Å². The first kappa shape index (κ1) is 13.5. The van der Waals surface area contributed by atoms with Crippen molar-refractivity contribution in [1.82, 2.24) is 0 Å². The Morgan fingerprint density at radius 3 is 2.62 bits per heavy atom. The Morgan fingerprint density at radius 1 is 1.38 bits per heavy atom. The molecule has 3 atom stereocenters. The number of aliphatic carboxylic acids is 1. The van der Waals surface area contributed by atoms with Crippen LogP contribution in [-0.2, 0) is 4.79 Å². The molecule has 1 fully saturated rings. The molecule has 0 heterocycles. The van der Waals surface area contributed by atoms with E-state index in [4.69, 9.17) is 0 Å². The van der Waals surface area contributed by atoms with Gasteiger partial charge in [0.05, 0.1) is 11.5 Å². The van der Waals surface area contributed by atoms with Crippen LogP contribution in [0.3, 0.4) is 0 Å². The Labute approximate surface area is 97.9 Å². The normalized spacial score (nSPS) is 34.2. The van der Waals surface area contributed by atoms with Crippen molar-refractivity contribution in [2.45, 2.75) is 64.9 Å². The summed E-state index contributed by atoms with van der Waals surface area (Å²) in [6.45, 7) is 3.95. The highest BCUT2D eigenvalue weighted by atomic mass is 16.4. The molecule has 0 radical (unpaired) electrons. The fourth-order valence-electron chi connectivity index (χ4n) is 2.83. The summed E-state index contributed by atoms with van der Waals surface area (Å²) in [5.74, 6) is -0.800. The molecule has 0 aromatic rings. The van der Waals surface area contributed by atoms with Gasteiger partial charge in [-0.05, 0) is 26.2 Å². The van der Waals surface area contributed by atoms with Gasteiger partial charge in [0.25, 0.3) is 0 Å². The highest BCUT2D eigenvalue weighted by Crippen LogP contribution is 2.46.